The molecule has 17 heavy (non-hydrogen) atoms. The van der Waals surface area contributed by atoms with Gasteiger partial charge in [0.05, 0.1) is 12.2 Å². The van der Waals surface area contributed by atoms with Gasteiger partial charge >= 0.3 is 0 Å². The molecule has 0 spiro atoms. The standard InChI is InChI=1S/C12H12BrN3O/c1-8-2-5-12(17)16(15-8)7-9-3-4-10(13)11(14)6-9/h2-6H,7,14H2,1H3. The molecule has 0 aliphatic heterocycles. The third kappa shape index (κ3) is 2.74. The first-order valence-electron chi connectivity index (χ1n) is 5.15. The Balaban J connectivity index is 2.34. The number of nitrogens with two attached hydrogens (primary N) is 1. The highest BCUT2D eigenvalue weighted by molar-refractivity contribution is 9.10. The molecule has 1 aromatic carbocycles. The summed E-state index contributed by atoms with van der Waals surface area (Å²) in [7, 11) is 0. The van der Waals surface area contributed by atoms with Crippen molar-refractivity contribution in [2.75, 3.05) is 5.73 Å². The molecule has 2 rings (SSSR count). The maximum absolute atomic E-state index is 11.6. The minimum absolute atomic E-state index is 0.114. The van der Waals surface area contributed by atoms with E-state index >= 15 is 0 Å². The highest BCUT2D eigenvalue weighted by Crippen LogP contribution is 2.20. The third-order valence-corrected chi connectivity index (χ3v) is 3.11. The van der Waals surface area contributed by atoms with E-state index in [2.05, 4.69) is 21.0 Å². The Bertz CT molecular complexity index is 607. The van der Waals surface area contributed by atoms with Crippen molar-refractivity contribution in [2.24, 2.45) is 0 Å². The highest BCUT2D eigenvalue weighted by atomic mass is 79.9. The second-order valence-corrected chi connectivity index (χ2v) is 4.68. The molecule has 0 radical (unpaired) electrons. The predicted octanol–water partition coefficient (Wildman–Crippen LogP) is 1.94. The molecule has 4 nitrogen and oxygen atoms in total. The van der Waals surface area contributed by atoms with Crippen molar-refractivity contribution in [3.05, 3.63) is 56.4 Å². The summed E-state index contributed by atoms with van der Waals surface area (Å²) in [4.78, 5) is 11.6. The Kier molecular flexibility index (Phi) is 3.28. The Morgan fingerprint density at radius 1 is 1.35 bits per heavy atom. The van der Waals surface area contributed by atoms with Crippen LogP contribution in [0.5, 0.6) is 0 Å². The smallest absolute Gasteiger partial charge is 0.267 e. The number of nitrogen functional groups attached to an aromatic ring is 1. The lowest BCUT2D eigenvalue weighted by Gasteiger charge is -2.06. The maximum Gasteiger partial charge on any atom is 0.267 e. The molecule has 0 fully saturated rings. The molecule has 0 unspecified atom stereocenters. The van der Waals surface area contributed by atoms with Crippen LogP contribution < -0.4 is 11.3 Å². The Morgan fingerprint density at radius 3 is 2.82 bits per heavy atom. The van der Waals surface area contributed by atoms with Crippen LogP contribution in [0.15, 0.2) is 39.6 Å². The van der Waals surface area contributed by atoms with Crippen molar-refractivity contribution < 1.29 is 0 Å². The van der Waals surface area contributed by atoms with Crippen molar-refractivity contribution in [2.45, 2.75) is 13.5 Å². The molecular weight excluding hydrogens is 282 g/mol. The summed E-state index contributed by atoms with van der Waals surface area (Å²) in [5.74, 6) is 0. The van der Waals surface area contributed by atoms with Gasteiger partial charge in [-0.3, -0.25) is 4.79 Å². The Hall–Kier alpha value is -1.62. The van der Waals surface area contributed by atoms with Gasteiger partial charge in [0.25, 0.3) is 5.56 Å². The number of rotatable bonds is 2. The molecule has 2 N–H and O–H groups in total. The van der Waals surface area contributed by atoms with Gasteiger partial charge in [-0.1, -0.05) is 6.07 Å². The van der Waals surface area contributed by atoms with Crippen LogP contribution in [-0.4, -0.2) is 9.78 Å². The maximum atomic E-state index is 11.6. The lowest BCUT2D eigenvalue weighted by molar-refractivity contribution is 0.628. The van der Waals surface area contributed by atoms with Crippen molar-refractivity contribution in [3.63, 3.8) is 0 Å². The van der Waals surface area contributed by atoms with Crippen LogP contribution in [0.4, 0.5) is 5.69 Å². The van der Waals surface area contributed by atoms with Crippen LogP contribution in [0.25, 0.3) is 0 Å². The summed E-state index contributed by atoms with van der Waals surface area (Å²) in [5, 5.41) is 4.17. The molecule has 0 bridgehead atoms. The summed E-state index contributed by atoms with van der Waals surface area (Å²) in [6.45, 7) is 2.28. The molecule has 5 heteroatoms. The number of hydrogen-bond donors (Lipinski definition) is 1. The number of anilines is 1. The first kappa shape index (κ1) is 11.9. The third-order valence-electron chi connectivity index (χ3n) is 2.39. The molecule has 88 valence electrons. The molecule has 0 amide bonds. The van der Waals surface area contributed by atoms with E-state index in [1.165, 1.54) is 10.7 Å². The molecule has 0 aliphatic carbocycles. The molecule has 0 atom stereocenters. The van der Waals surface area contributed by atoms with E-state index in [4.69, 9.17) is 5.73 Å². The van der Waals surface area contributed by atoms with E-state index in [9.17, 15) is 4.79 Å². The van der Waals surface area contributed by atoms with Gasteiger partial charge in [0.1, 0.15) is 0 Å². The van der Waals surface area contributed by atoms with Gasteiger partial charge in [0, 0.05) is 16.2 Å². The first-order chi connectivity index (χ1) is 8.06. The fourth-order valence-electron chi connectivity index (χ4n) is 1.53. The molecule has 2 aromatic rings. The van der Waals surface area contributed by atoms with Crippen molar-refractivity contribution in [1.82, 2.24) is 9.78 Å². The Morgan fingerprint density at radius 2 is 2.12 bits per heavy atom. The van der Waals surface area contributed by atoms with Gasteiger partial charge in [-0.2, -0.15) is 5.10 Å². The fourth-order valence-corrected chi connectivity index (χ4v) is 1.78. The van der Waals surface area contributed by atoms with E-state index in [1.807, 2.05) is 25.1 Å². The van der Waals surface area contributed by atoms with Gasteiger partial charge in [0.2, 0.25) is 0 Å². The average Bonchev–Trinajstić information content (AvgIpc) is 2.29. The zero-order chi connectivity index (χ0) is 12.4. The fraction of sp³-hybridized carbons (Fsp3) is 0.167. The van der Waals surface area contributed by atoms with E-state index < -0.39 is 0 Å². The van der Waals surface area contributed by atoms with Gasteiger partial charge in [-0.05, 0) is 46.6 Å². The topological polar surface area (TPSA) is 60.9 Å². The van der Waals surface area contributed by atoms with E-state index in [0.717, 1.165) is 15.7 Å². The van der Waals surface area contributed by atoms with E-state index in [-0.39, 0.29) is 5.56 Å². The summed E-state index contributed by atoms with van der Waals surface area (Å²) in [5.41, 5.74) is 8.09. The SMILES string of the molecule is Cc1ccc(=O)n(Cc2ccc(Br)c(N)c2)n1. The second-order valence-electron chi connectivity index (χ2n) is 3.83. The molecular formula is C12H12BrN3O. The minimum Gasteiger partial charge on any atom is -0.398 e. The lowest BCUT2D eigenvalue weighted by Crippen LogP contribution is -2.23. The Labute approximate surface area is 107 Å². The van der Waals surface area contributed by atoms with Crippen LogP contribution in [-0.2, 0) is 6.54 Å². The van der Waals surface area contributed by atoms with Gasteiger partial charge in [0.15, 0.2) is 0 Å². The monoisotopic (exact) mass is 293 g/mol. The number of aromatic nitrogens is 2. The number of hydrogen-bond acceptors (Lipinski definition) is 3. The molecule has 0 saturated heterocycles. The quantitative estimate of drug-likeness (QED) is 0.861. The first-order valence-corrected chi connectivity index (χ1v) is 5.94. The summed E-state index contributed by atoms with van der Waals surface area (Å²) >= 11 is 3.33. The number of nitrogens with zero attached hydrogens (tertiary/aromatic N) is 2. The lowest BCUT2D eigenvalue weighted by atomic mass is 10.2. The molecule has 1 aromatic heterocycles. The van der Waals surface area contributed by atoms with Crippen molar-refractivity contribution in [1.29, 1.82) is 0 Å². The van der Waals surface area contributed by atoms with Gasteiger partial charge in [-0.25, -0.2) is 4.68 Å². The zero-order valence-corrected chi connectivity index (χ0v) is 10.9. The predicted molar refractivity (Wildman–Crippen MR) is 70.9 cm³/mol. The zero-order valence-electron chi connectivity index (χ0n) is 9.35. The van der Waals surface area contributed by atoms with Crippen LogP contribution in [0.3, 0.4) is 0 Å². The van der Waals surface area contributed by atoms with Crippen LogP contribution in [0, 0.1) is 6.92 Å². The normalized spacial score (nSPS) is 10.5. The number of benzene rings is 1. The van der Waals surface area contributed by atoms with Gasteiger partial charge in [-0.15, -0.1) is 0 Å². The summed E-state index contributed by atoms with van der Waals surface area (Å²) < 4.78 is 2.28. The summed E-state index contributed by atoms with van der Waals surface area (Å²) in [6, 6.07) is 8.84. The van der Waals surface area contributed by atoms with Crippen LogP contribution in [0.2, 0.25) is 0 Å². The molecule has 0 aliphatic rings. The minimum atomic E-state index is -0.114. The van der Waals surface area contributed by atoms with E-state index in [0.29, 0.717) is 12.2 Å². The van der Waals surface area contributed by atoms with Crippen molar-refractivity contribution >= 4 is 21.6 Å². The average molecular weight is 294 g/mol. The number of halogens is 1. The second kappa shape index (κ2) is 4.71. The highest BCUT2D eigenvalue weighted by Gasteiger charge is 2.02. The van der Waals surface area contributed by atoms with Crippen molar-refractivity contribution in [3.8, 4) is 0 Å². The number of aryl methyl sites for hydroxylation is 1. The van der Waals surface area contributed by atoms with Gasteiger partial charge < -0.3 is 5.73 Å². The molecule has 0 saturated carbocycles. The van der Waals surface area contributed by atoms with Crippen LogP contribution >= 0.6 is 15.9 Å². The van der Waals surface area contributed by atoms with Crippen LogP contribution in [0.1, 0.15) is 11.3 Å². The molecule has 1 heterocycles. The summed E-state index contributed by atoms with van der Waals surface area (Å²) in [6.07, 6.45) is 0. The largest absolute Gasteiger partial charge is 0.398 e. The van der Waals surface area contributed by atoms with E-state index in [1.54, 1.807) is 6.07 Å².